The lowest BCUT2D eigenvalue weighted by Crippen LogP contribution is -2.44. The first-order valence-corrected chi connectivity index (χ1v) is 8.61. The van der Waals surface area contributed by atoms with Crippen LogP contribution in [0.1, 0.15) is 53.0 Å². The van der Waals surface area contributed by atoms with E-state index in [0.29, 0.717) is 23.0 Å². The molecular formula is C19H24N2O3. The summed E-state index contributed by atoms with van der Waals surface area (Å²) in [6.45, 7) is 7.90. The maximum Gasteiger partial charge on any atom is 0.261 e. The third kappa shape index (κ3) is 3.07. The van der Waals surface area contributed by atoms with Crippen LogP contribution in [-0.2, 0) is 4.79 Å². The molecule has 0 spiro atoms. The second-order valence-electron chi connectivity index (χ2n) is 7.31. The van der Waals surface area contributed by atoms with E-state index >= 15 is 0 Å². The van der Waals surface area contributed by atoms with Crippen molar-refractivity contribution in [1.82, 2.24) is 9.80 Å². The molecule has 1 fully saturated rings. The van der Waals surface area contributed by atoms with E-state index in [4.69, 9.17) is 0 Å². The fourth-order valence-electron chi connectivity index (χ4n) is 3.84. The van der Waals surface area contributed by atoms with Crippen LogP contribution in [-0.4, -0.2) is 47.2 Å². The number of carbonyl (C=O) groups is 3. The fraction of sp³-hybridized carbons (Fsp3) is 0.526. The molecule has 1 aromatic carbocycles. The number of amides is 3. The molecule has 1 saturated heterocycles. The van der Waals surface area contributed by atoms with Crippen molar-refractivity contribution in [2.45, 2.75) is 33.6 Å². The highest BCUT2D eigenvalue weighted by molar-refractivity contribution is 6.21. The highest BCUT2D eigenvalue weighted by Crippen LogP contribution is 2.25. The van der Waals surface area contributed by atoms with Crippen LogP contribution in [0.15, 0.2) is 18.2 Å². The molecule has 2 unspecified atom stereocenters. The average molecular weight is 328 g/mol. The minimum atomic E-state index is -0.289. The molecule has 5 heteroatoms. The molecule has 1 aromatic rings. The number of hydrogen-bond donors (Lipinski definition) is 0. The van der Waals surface area contributed by atoms with Crippen molar-refractivity contribution < 1.29 is 14.4 Å². The molecule has 24 heavy (non-hydrogen) atoms. The summed E-state index contributed by atoms with van der Waals surface area (Å²) in [4.78, 5) is 40.4. The minimum absolute atomic E-state index is 0.0288. The van der Waals surface area contributed by atoms with E-state index < -0.39 is 0 Å². The van der Waals surface area contributed by atoms with Crippen molar-refractivity contribution in [2.75, 3.05) is 19.6 Å². The number of benzene rings is 1. The second-order valence-corrected chi connectivity index (χ2v) is 7.31. The first-order chi connectivity index (χ1) is 11.4. The van der Waals surface area contributed by atoms with Crippen molar-refractivity contribution in [3.8, 4) is 0 Å². The maximum absolute atomic E-state index is 12.5. The van der Waals surface area contributed by atoms with Crippen molar-refractivity contribution in [3.63, 3.8) is 0 Å². The summed E-state index contributed by atoms with van der Waals surface area (Å²) >= 11 is 0. The maximum atomic E-state index is 12.5. The number of imide groups is 1. The summed E-state index contributed by atoms with van der Waals surface area (Å²) in [6, 6.07) is 5.27. The van der Waals surface area contributed by atoms with Gasteiger partial charge in [0.15, 0.2) is 0 Å². The molecular weight excluding hydrogens is 304 g/mol. The molecule has 2 atom stereocenters. The van der Waals surface area contributed by atoms with E-state index in [1.807, 2.05) is 17.9 Å². The Morgan fingerprint density at radius 2 is 1.71 bits per heavy atom. The van der Waals surface area contributed by atoms with E-state index in [2.05, 4.69) is 13.8 Å². The van der Waals surface area contributed by atoms with E-state index in [0.717, 1.165) is 25.1 Å². The van der Waals surface area contributed by atoms with E-state index in [-0.39, 0.29) is 30.7 Å². The third-order valence-electron chi connectivity index (χ3n) is 4.90. The Kier molecular flexibility index (Phi) is 4.43. The van der Waals surface area contributed by atoms with Gasteiger partial charge in [-0.1, -0.05) is 25.5 Å². The number of piperidine rings is 1. The average Bonchev–Trinajstić information content (AvgIpc) is 2.75. The van der Waals surface area contributed by atoms with Crippen LogP contribution >= 0.6 is 0 Å². The van der Waals surface area contributed by atoms with E-state index in [9.17, 15) is 14.4 Å². The normalized spacial score (nSPS) is 23.6. The van der Waals surface area contributed by atoms with Crippen LogP contribution in [0.5, 0.6) is 0 Å². The number of likely N-dealkylation sites (tertiary alicyclic amines) is 1. The van der Waals surface area contributed by atoms with E-state index in [1.54, 1.807) is 12.1 Å². The molecule has 2 aliphatic rings. The Morgan fingerprint density at radius 1 is 1.08 bits per heavy atom. The number of fused-ring (bicyclic) bond motifs is 1. The second kappa shape index (κ2) is 6.38. The van der Waals surface area contributed by atoms with Gasteiger partial charge in [0.2, 0.25) is 5.91 Å². The molecule has 3 amide bonds. The van der Waals surface area contributed by atoms with Gasteiger partial charge in [0.25, 0.3) is 11.8 Å². The Morgan fingerprint density at radius 3 is 2.38 bits per heavy atom. The predicted octanol–water partition coefficient (Wildman–Crippen LogP) is 2.49. The van der Waals surface area contributed by atoms with Crippen LogP contribution < -0.4 is 0 Å². The lowest BCUT2D eigenvalue weighted by atomic mass is 9.92. The summed E-state index contributed by atoms with van der Waals surface area (Å²) in [6.07, 6.45) is 1.34. The molecule has 128 valence electrons. The molecule has 0 N–H and O–H groups in total. The number of hydrogen-bond acceptors (Lipinski definition) is 3. The molecule has 0 aliphatic carbocycles. The number of carbonyl (C=O) groups excluding carboxylic acids is 3. The summed E-state index contributed by atoms with van der Waals surface area (Å²) in [7, 11) is 0. The highest BCUT2D eigenvalue weighted by Gasteiger charge is 2.36. The number of nitrogens with zero attached hydrogens (tertiary/aromatic N) is 2. The lowest BCUT2D eigenvalue weighted by molar-refractivity contribution is -0.133. The quantitative estimate of drug-likeness (QED) is 0.801. The molecule has 0 bridgehead atoms. The van der Waals surface area contributed by atoms with Crippen molar-refractivity contribution in [1.29, 1.82) is 0 Å². The lowest BCUT2D eigenvalue weighted by Gasteiger charge is -2.35. The zero-order valence-corrected chi connectivity index (χ0v) is 14.5. The van der Waals surface area contributed by atoms with Gasteiger partial charge in [-0.2, -0.15) is 0 Å². The summed E-state index contributed by atoms with van der Waals surface area (Å²) in [5.41, 5.74) is 1.84. The fourth-order valence-corrected chi connectivity index (χ4v) is 3.84. The van der Waals surface area contributed by atoms with Crippen LogP contribution in [0.25, 0.3) is 0 Å². The number of rotatable bonds is 3. The molecule has 0 saturated carbocycles. The van der Waals surface area contributed by atoms with Gasteiger partial charge in [0.05, 0.1) is 11.1 Å². The molecule has 5 nitrogen and oxygen atoms in total. The Bertz CT molecular complexity index is 688. The molecule has 2 aliphatic heterocycles. The SMILES string of the molecule is Cc1ccc2c(c1)C(=O)N(CCC(=O)N1CC(C)CC(C)C1)C2=O. The predicted molar refractivity (Wildman–Crippen MR) is 90.7 cm³/mol. The summed E-state index contributed by atoms with van der Waals surface area (Å²) < 4.78 is 0. The van der Waals surface area contributed by atoms with Gasteiger partial charge >= 0.3 is 0 Å². The minimum Gasteiger partial charge on any atom is -0.342 e. The smallest absolute Gasteiger partial charge is 0.261 e. The zero-order chi connectivity index (χ0) is 17.4. The highest BCUT2D eigenvalue weighted by atomic mass is 16.2. The zero-order valence-electron chi connectivity index (χ0n) is 14.5. The van der Waals surface area contributed by atoms with Gasteiger partial charge in [0, 0.05) is 26.1 Å². The first kappa shape index (κ1) is 16.7. The Hall–Kier alpha value is -2.17. The van der Waals surface area contributed by atoms with Gasteiger partial charge in [-0.25, -0.2) is 0 Å². The summed E-state index contributed by atoms with van der Waals surface area (Å²) in [5.74, 6) is 0.455. The number of aryl methyl sites for hydroxylation is 1. The van der Waals surface area contributed by atoms with Gasteiger partial charge in [-0.15, -0.1) is 0 Å². The van der Waals surface area contributed by atoms with Crippen molar-refractivity contribution >= 4 is 17.7 Å². The van der Waals surface area contributed by atoms with Crippen molar-refractivity contribution in [3.05, 3.63) is 34.9 Å². The first-order valence-electron chi connectivity index (χ1n) is 8.61. The Balaban J connectivity index is 1.64. The van der Waals surface area contributed by atoms with Crippen LogP contribution in [0.2, 0.25) is 0 Å². The van der Waals surface area contributed by atoms with Crippen molar-refractivity contribution in [2.24, 2.45) is 11.8 Å². The summed E-state index contributed by atoms with van der Waals surface area (Å²) in [5, 5.41) is 0. The van der Waals surface area contributed by atoms with Gasteiger partial charge < -0.3 is 4.90 Å². The van der Waals surface area contributed by atoms with Gasteiger partial charge in [0.1, 0.15) is 0 Å². The van der Waals surface area contributed by atoms with Gasteiger partial charge in [-0.05, 0) is 37.3 Å². The largest absolute Gasteiger partial charge is 0.342 e. The van der Waals surface area contributed by atoms with Crippen LogP contribution in [0.3, 0.4) is 0 Å². The molecule has 0 aromatic heterocycles. The van der Waals surface area contributed by atoms with Gasteiger partial charge in [-0.3, -0.25) is 19.3 Å². The molecule has 3 rings (SSSR count). The third-order valence-corrected chi connectivity index (χ3v) is 4.90. The van der Waals surface area contributed by atoms with Crippen LogP contribution in [0, 0.1) is 18.8 Å². The Labute approximate surface area is 142 Å². The van der Waals surface area contributed by atoms with Crippen LogP contribution in [0.4, 0.5) is 0 Å². The topological polar surface area (TPSA) is 57.7 Å². The standard InChI is InChI=1S/C19H24N2O3/c1-12-4-5-15-16(9-12)19(24)21(18(15)23)7-6-17(22)20-10-13(2)8-14(3)11-20/h4-5,9,13-14H,6-8,10-11H2,1-3H3. The van der Waals surface area contributed by atoms with E-state index in [1.165, 1.54) is 4.90 Å². The molecule has 2 heterocycles. The monoisotopic (exact) mass is 328 g/mol. The molecule has 0 radical (unpaired) electrons.